The number of rotatable bonds is 1. The summed E-state index contributed by atoms with van der Waals surface area (Å²) in [7, 11) is 0. The smallest absolute Gasteiger partial charge is 0.165 e. The molecule has 0 spiro atoms. The Morgan fingerprint density at radius 3 is 2.74 bits per heavy atom. The second-order valence-electron chi connectivity index (χ2n) is 4.02. The van der Waals surface area contributed by atoms with Crippen LogP contribution < -0.4 is 5.73 Å². The quantitative estimate of drug-likeness (QED) is 0.696. The SMILES string of the molecule is Nc1nnc(-c2ccc(O)c(F)c2)c2ccncc12. The second-order valence-corrected chi connectivity index (χ2v) is 4.02. The molecule has 0 atom stereocenters. The van der Waals surface area contributed by atoms with Gasteiger partial charge in [0.15, 0.2) is 17.4 Å². The topological polar surface area (TPSA) is 84.9 Å². The van der Waals surface area contributed by atoms with Gasteiger partial charge in [0.2, 0.25) is 0 Å². The van der Waals surface area contributed by atoms with Crippen LogP contribution in [0.3, 0.4) is 0 Å². The number of aromatic hydroxyl groups is 1. The summed E-state index contributed by atoms with van der Waals surface area (Å²) >= 11 is 0. The maximum absolute atomic E-state index is 13.4. The van der Waals surface area contributed by atoms with E-state index in [0.717, 1.165) is 5.39 Å². The van der Waals surface area contributed by atoms with Crippen molar-refractivity contribution in [3.05, 3.63) is 42.5 Å². The number of halogens is 1. The molecular formula is C13H9FN4O. The van der Waals surface area contributed by atoms with Crippen LogP contribution in [0.25, 0.3) is 22.0 Å². The van der Waals surface area contributed by atoms with E-state index in [1.807, 2.05) is 0 Å². The third-order valence-electron chi connectivity index (χ3n) is 2.83. The minimum absolute atomic E-state index is 0.270. The monoisotopic (exact) mass is 256 g/mol. The van der Waals surface area contributed by atoms with Gasteiger partial charge in [0.25, 0.3) is 0 Å². The first kappa shape index (κ1) is 11.3. The number of phenols is 1. The zero-order valence-corrected chi connectivity index (χ0v) is 9.71. The first-order valence-electron chi connectivity index (χ1n) is 5.51. The predicted molar refractivity (Wildman–Crippen MR) is 68.8 cm³/mol. The molecule has 3 N–H and O–H groups in total. The van der Waals surface area contributed by atoms with E-state index in [2.05, 4.69) is 15.2 Å². The Bertz CT molecular complexity index is 776. The lowest BCUT2D eigenvalue weighted by molar-refractivity contribution is 0.432. The summed E-state index contributed by atoms with van der Waals surface area (Å²) in [4.78, 5) is 3.98. The molecule has 3 aromatic rings. The number of pyridine rings is 1. The molecular weight excluding hydrogens is 247 g/mol. The lowest BCUT2D eigenvalue weighted by atomic mass is 10.1. The van der Waals surface area contributed by atoms with Gasteiger partial charge in [-0.25, -0.2) is 4.39 Å². The molecule has 0 saturated heterocycles. The van der Waals surface area contributed by atoms with Crippen LogP contribution in [-0.4, -0.2) is 20.3 Å². The summed E-state index contributed by atoms with van der Waals surface area (Å²) in [6.45, 7) is 0. The van der Waals surface area contributed by atoms with Crippen molar-refractivity contribution in [2.45, 2.75) is 0 Å². The maximum Gasteiger partial charge on any atom is 0.165 e. The number of nitrogens with zero attached hydrogens (tertiary/aromatic N) is 3. The fraction of sp³-hybridized carbons (Fsp3) is 0. The number of hydrogen-bond acceptors (Lipinski definition) is 5. The molecule has 19 heavy (non-hydrogen) atoms. The third-order valence-corrected chi connectivity index (χ3v) is 2.83. The van der Waals surface area contributed by atoms with Crippen LogP contribution in [0.2, 0.25) is 0 Å². The van der Waals surface area contributed by atoms with E-state index in [1.165, 1.54) is 12.1 Å². The highest BCUT2D eigenvalue weighted by atomic mass is 19.1. The Kier molecular flexibility index (Phi) is 2.49. The standard InChI is InChI=1S/C13H9FN4O/c14-10-5-7(1-2-11(10)19)12-8-3-4-16-6-9(8)13(15)18-17-12/h1-6,19H,(H2,15,18). The van der Waals surface area contributed by atoms with Gasteiger partial charge in [0, 0.05) is 28.7 Å². The first-order valence-corrected chi connectivity index (χ1v) is 5.51. The number of benzene rings is 1. The van der Waals surface area contributed by atoms with Crippen molar-refractivity contribution >= 4 is 16.6 Å². The van der Waals surface area contributed by atoms with Crippen molar-refractivity contribution in [3.63, 3.8) is 0 Å². The van der Waals surface area contributed by atoms with E-state index < -0.39 is 11.6 Å². The number of phenolic OH excluding ortho intramolecular Hbond substituents is 1. The van der Waals surface area contributed by atoms with Crippen LogP contribution in [0.1, 0.15) is 0 Å². The van der Waals surface area contributed by atoms with Crippen LogP contribution in [-0.2, 0) is 0 Å². The largest absolute Gasteiger partial charge is 0.505 e. The van der Waals surface area contributed by atoms with Gasteiger partial charge in [0.1, 0.15) is 5.69 Å². The molecule has 0 saturated carbocycles. The molecule has 6 heteroatoms. The molecule has 1 aromatic carbocycles. The number of anilines is 1. The molecule has 94 valence electrons. The van der Waals surface area contributed by atoms with E-state index in [0.29, 0.717) is 16.6 Å². The predicted octanol–water partition coefficient (Wildman–Crippen LogP) is 2.12. The molecule has 0 bridgehead atoms. The average Bonchev–Trinajstić information content (AvgIpc) is 2.43. The van der Waals surface area contributed by atoms with Crippen LogP contribution >= 0.6 is 0 Å². The zero-order chi connectivity index (χ0) is 13.4. The van der Waals surface area contributed by atoms with Gasteiger partial charge in [-0.3, -0.25) is 4.98 Å². The van der Waals surface area contributed by atoms with Gasteiger partial charge < -0.3 is 10.8 Å². The molecule has 0 unspecified atom stereocenters. The van der Waals surface area contributed by atoms with Crippen LogP contribution in [0.5, 0.6) is 5.75 Å². The van der Waals surface area contributed by atoms with E-state index in [-0.39, 0.29) is 5.82 Å². The van der Waals surface area contributed by atoms with Gasteiger partial charge in [-0.05, 0) is 24.3 Å². The minimum atomic E-state index is -0.710. The fourth-order valence-corrected chi connectivity index (χ4v) is 1.88. The Labute approximate surface area is 107 Å². The average molecular weight is 256 g/mol. The van der Waals surface area contributed by atoms with Crippen LogP contribution in [0, 0.1) is 5.82 Å². The summed E-state index contributed by atoms with van der Waals surface area (Å²) in [5, 5.41) is 18.4. The first-order chi connectivity index (χ1) is 9.16. The highest BCUT2D eigenvalue weighted by molar-refractivity contribution is 5.98. The van der Waals surface area contributed by atoms with Gasteiger partial charge in [-0.15, -0.1) is 10.2 Å². The number of fused-ring (bicyclic) bond motifs is 1. The Morgan fingerprint density at radius 2 is 1.95 bits per heavy atom. The Morgan fingerprint density at radius 1 is 1.11 bits per heavy atom. The normalized spacial score (nSPS) is 10.8. The van der Waals surface area contributed by atoms with Crippen LogP contribution in [0.4, 0.5) is 10.2 Å². The number of aromatic nitrogens is 3. The molecule has 0 aliphatic carbocycles. The molecule has 3 rings (SSSR count). The molecule has 5 nitrogen and oxygen atoms in total. The Hall–Kier alpha value is -2.76. The van der Waals surface area contributed by atoms with Crippen molar-refractivity contribution < 1.29 is 9.50 Å². The summed E-state index contributed by atoms with van der Waals surface area (Å²) in [6.07, 6.45) is 3.18. The summed E-state index contributed by atoms with van der Waals surface area (Å²) in [6, 6.07) is 5.78. The van der Waals surface area contributed by atoms with E-state index >= 15 is 0 Å². The van der Waals surface area contributed by atoms with Gasteiger partial charge >= 0.3 is 0 Å². The molecule has 2 aromatic heterocycles. The van der Waals surface area contributed by atoms with Gasteiger partial charge in [-0.1, -0.05) is 0 Å². The molecule has 2 heterocycles. The van der Waals surface area contributed by atoms with Gasteiger partial charge in [-0.2, -0.15) is 0 Å². The van der Waals surface area contributed by atoms with E-state index in [4.69, 9.17) is 5.73 Å². The maximum atomic E-state index is 13.4. The molecule has 0 aliphatic heterocycles. The Balaban J connectivity index is 2.31. The fourth-order valence-electron chi connectivity index (χ4n) is 1.88. The lowest BCUT2D eigenvalue weighted by Crippen LogP contribution is -1.98. The van der Waals surface area contributed by atoms with Crippen molar-refractivity contribution in [1.29, 1.82) is 0 Å². The molecule has 0 aliphatic rings. The van der Waals surface area contributed by atoms with Crippen molar-refractivity contribution in [3.8, 4) is 17.0 Å². The zero-order valence-electron chi connectivity index (χ0n) is 9.71. The van der Waals surface area contributed by atoms with Crippen molar-refractivity contribution in [2.75, 3.05) is 5.73 Å². The number of hydrogen-bond donors (Lipinski definition) is 2. The third kappa shape index (κ3) is 1.83. The molecule has 0 radical (unpaired) electrons. The number of nitrogen functional groups attached to an aromatic ring is 1. The highest BCUT2D eigenvalue weighted by Crippen LogP contribution is 2.29. The van der Waals surface area contributed by atoms with E-state index in [1.54, 1.807) is 24.5 Å². The lowest BCUT2D eigenvalue weighted by Gasteiger charge is -2.06. The van der Waals surface area contributed by atoms with Gasteiger partial charge in [0.05, 0.1) is 0 Å². The van der Waals surface area contributed by atoms with Crippen molar-refractivity contribution in [1.82, 2.24) is 15.2 Å². The summed E-state index contributed by atoms with van der Waals surface area (Å²) < 4.78 is 13.4. The second kappa shape index (κ2) is 4.16. The highest BCUT2D eigenvalue weighted by Gasteiger charge is 2.11. The minimum Gasteiger partial charge on any atom is -0.505 e. The summed E-state index contributed by atoms with van der Waals surface area (Å²) in [5.41, 5.74) is 6.73. The van der Waals surface area contributed by atoms with Crippen molar-refractivity contribution in [2.24, 2.45) is 0 Å². The number of nitrogens with two attached hydrogens (primary N) is 1. The molecule has 0 amide bonds. The van der Waals surface area contributed by atoms with Crippen LogP contribution in [0.15, 0.2) is 36.7 Å². The van der Waals surface area contributed by atoms with E-state index in [9.17, 15) is 9.50 Å². The summed E-state index contributed by atoms with van der Waals surface area (Å²) in [5.74, 6) is -0.845. The molecule has 0 fully saturated rings.